The van der Waals surface area contributed by atoms with E-state index in [0.717, 1.165) is 5.69 Å². The van der Waals surface area contributed by atoms with Crippen LogP contribution in [0.15, 0.2) is 24.3 Å². The summed E-state index contributed by atoms with van der Waals surface area (Å²) >= 11 is 5.78. The van der Waals surface area contributed by atoms with Gasteiger partial charge in [0.15, 0.2) is 0 Å². The van der Waals surface area contributed by atoms with Crippen molar-refractivity contribution in [2.45, 2.75) is 0 Å². The topological polar surface area (TPSA) is 23.6 Å². The maximum atomic E-state index is 11.5. The molecule has 0 heterocycles. The van der Waals surface area contributed by atoms with E-state index >= 15 is 0 Å². The first kappa shape index (κ1) is 11.9. The number of likely N-dealkylation sites (N-methyl/N-ethyl adjacent to an activating group) is 2. The van der Waals surface area contributed by atoms with Gasteiger partial charge in [0.05, 0.1) is 6.54 Å². The van der Waals surface area contributed by atoms with Crippen LogP contribution in [0.4, 0.5) is 5.69 Å². The second-order valence-electron chi connectivity index (χ2n) is 3.62. The number of halogens is 1. The highest BCUT2D eigenvalue weighted by Crippen LogP contribution is 2.16. The predicted octanol–water partition coefficient (Wildman–Crippen LogP) is 1.86. The van der Waals surface area contributed by atoms with E-state index in [1.54, 1.807) is 19.0 Å². The first-order valence-corrected chi connectivity index (χ1v) is 5.05. The van der Waals surface area contributed by atoms with Gasteiger partial charge in [-0.15, -0.1) is 0 Å². The maximum Gasteiger partial charge on any atom is 0.241 e. The molecule has 3 nitrogen and oxygen atoms in total. The van der Waals surface area contributed by atoms with Crippen LogP contribution in [0, 0.1) is 0 Å². The normalized spacial score (nSPS) is 9.87. The minimum atomic E-state index is 0.0763. The minimum Gasteiger partial charge on any atom is -0.365 e. The SMILES string of the molecule is CN(C)C(=O)CN(C)c1ccc(Cl)cc1. The molecular weight excluding hydrogens is 212 g/mol. The van der Waals surface area contributed by atoms with Crippen molar-refractivity contribution in [2.75, 3.05) is 32.6 Å². The zero-order valence-electron chi connectivity index (χ0n) is 9.20. The minimum absolute atomic E-state index is 0.0763. The molecule has 82 valence electrons. The second kappa shape index (κ2) is 5.03. The van der Waals surface area contributed by atoms with Crippen LogP contribution in [-0.4, -0.2) is 38.5 Å². The Morgan fingerprint density at radius 3 is 2.20 bits per heavy atom. The van der Waals surface area contributed by atoms with Crippen LogP contribution in [0.2, 0.25) is 5.02 Å². The molecular formula is C11H15ClN2O. The summed E-state index contributed by atoms with van der Waals surface area (Å²) in [5, 5.41) is 0.700. The van der Waals surface area contributed by atoms with Crippen molar-refractivity contribution >= 4 is 23.2 Å². The predicted molar refractivity (Wildman–Crippen MR) is 63.4 cm³/mol. The fourth-order valence-electron chi connectivity index (χ4n) is 1.13. The zero-order chi connectivity index (χ0) is 11.4. The number of nitrogens with zero attached hydrogens (tertiary/aromatic N) is 2. The number of anilines is 1. The van der Waals surface area contributed by atoms with Gasteiger partial charge in [-0.05, 0) is 24.3 Å². The summed E-state index contributed by atoms with van der Waals surface area (Å²) < 4.78 is 0. The number of carbonyl (C=O) groups is 1. The molecule has 0 aliphatic heterocycles. The number of hydrogen-bond donors (Lipinski definition) is 0. The number of amides is 1. The summed E-state index contributed by atoms with van der Waals surface area (Å²) in [4.78, 5) is 14.9. The summed E-state index contributed by atoms with van der Waals surface area (Å²) in [7, 11) is 5.38. The van der Waals surface area contributed by atoms with E-state index < -0.39 is 0 Å². The third-order valence-electron chi connectivity index (χ3n) is 2.14. The van der Waals surface area contributed by atoms with Crippen molar-refractivity contribution in [2.24, 2.45) is 0 Å². The molecule has 0 saturated carbocycles. The van der Waals surface area contributed by atoms with Crippen LogP contribution in [0.3, 0.4) is 0 Å². The Bertz CT molecular complexity index is 335. The molecule has 0 aromatic heterocycles. The van der Waals surface area contributed by atoms with E-state index in [2.05, 4.69) is 0 Å². The first-order chi connectivity index (χ1) is 7.00. The van der Waals surface area contributed by atoms with Crippen LogP contribution in [0.5, 0.6) is 0 Å². The smallest absolute Gasteiger partial charge is 0.241 e. The highest BCUT2D eigenvalue weighted by atomic mass is 35.5. The van der Waals surface area contributed by atoms with Gasteiger partial charge in [-0.25, -0.2) is 0 Å². The molecule has 1 aromatic rings. The third kappa shape index (κ3) is 3.44. The second-order valence-corrected chi connectivity index (χ2v) is 4.06. The van der Waals surface area contributed by atoms with Gasteiger partial charge in [0.25, 0.3) is 0 Å². The summed E-state index contributed by atoms with van der Waals surface area (Å²) in [5.74, 6) is 0.0763. The quantitative estimate of drug-likeness (QED) is 0.786. The van der Waals surface area contributed by atoms with Crippen molar-refractivity contribution in [1.29, 1.82) is 0 Å². The molecule has 0 bridgehead atoms. The number of hydrogen-bond acceptors (Lipinski definition) is 2. The van der Waals surface area contributed by atoms with Crippen molar-refractivity contribution in [1.82, 2.24) is 4.90 Å². The monoisotopic (exact) mass is 226 g/mol. The van der Waals surface area contributed by atoms with Gasteiger partial charge in [-0.3, -0.25) is 4.79 Å². The lowest BCUT2D eigenvalue weighted by Crippen LogP contribution is -2.34. The molecule has 0 N–H and O–H groups in total. The lowest BCUT2D eigenvalue weighted by atomic mass is 10.3. The highest BCUT2D eigenvalue weighted by Gasteiger charge is 2.08. The van der Waals surface area contributed by atoms with E-state index in [1.807, 2.05) is 36.2 Å². The standard InChI is InChI=1S/C11H15ClN2O/c1-13(2)11(15)8-14(3)10-6-4-9(12)5-7-10/h4-7H,8H2,1-3H3. The molecule has 1 rings (SSSR count). The van der Waals surface area contributed by atoms with Gasteiger partial charge in [0.2, 0.25) is 5.91 Å². The zero-order valence-corrected chi connectivity index (χ0v) is 9.95. The van der Waals surface area contributed by atoms with Gasteiger partial charge >= 0.3 is 0 Å². The van der Waals surface area contributed by atoms with Gasteiger partial charge in [-0.2, -0.15) is 0 Å². The van der Waals surface area contributed by atoms with E-state index in [9.17, 15) is 4.79 Å². The van der Waals surface area contributed by atoms with E-state index in [0.29, 0.717) is 11.6 Å². The Hall–Kier alpha value is -1.22. The third-order valence-corrected chi connectivity index (χ3v) is 2.39. The maximum absolute atomic E-state index is 11.5. The fourth-order valence-corrected chi connectivity index (χ4v) is 1.26. The Labute approximate surface area is 95.2 Å². The molecule has 0 unspecified atom stereocenters. The summed E-state index contributed by atoms with van der Waals surface area (Å²) in [5.41, 5.74) is 0.981. The van der Waals surface area contributed by atoms with Crippen LogP contribution < -0.4 is 4.90 Å². The molecule has 4 heteroatoms. The molecule has 1 amide bonds. The number of rotatable bonds is 3. The summed E-state index contributed by atoms with van der Waals surface area (Å²) in [6.07, 6.45) is 0. The molecule has 0 saturated heterocycles. The fraction of sp³-hybridized carbons (Fsp3) is 0.364. The average molecular weight is 227 g/mol. The highest BCUT2D eigenvalue weighted by molar-refractivity contribution is 6.30. The molecule has 0 aliphatic rings. The van der Waals surface area contributed by atoms with Crippen LogP contribution >= 0.6 is 11.6 Å². The molecule has 15 heavy (non-hydrogen) atoms. The molecule has 0 radical (unpaired) electrons. The molecule has 0 atom stereocenters. The van der Waals surface area contributed by atoms with Gasteiger partial charge < -0.3 is 9.80 Å². The first-order valence-electron chi connectivity index (χ1n) is 4.67. The van der Waals surface area contributed by atoms with Gasteiger partial charge in [0.1, 0.15) is 0 Å². The lowest BCUT2D eigenvalue weighted by Gasteiger charge is -2.20. The largest absolute Gasteiger partial charge is 0.365 e. The Morgan fingerprint density at radius 1 is 1.20 bits per heavy atom. The molecule has 1 aromatic carbocycles. The van der Waals surface area contributed by atoms with E-state index in [-0.39, 0.29) is 5.91 Å². The molecule has 0 aliphatic carbocycles. The van der Waals surface area contributed by atoms with Gasteiger partial charge in [0, 0.05) is 31.9 Å². The van der Waals surface area contributed by atoms with Crippen LogP contribution in [0.1, 0.15) is 0 Å². The molecule has 0 spiro atoms. The Morgan fingerprint density at radius 2 is 1.73 bits per heavy atom. The summed E-state index contributed by atoms with van der Waals surface area (Å²) in [6, 6.07) is 7.41. The van der Waals surface area contributed by atoms with Crippen molar-refractivity contribution in [3.05, 3.63) is 29.3 Å². The average Bonchev–Trinajstić information content (AvgIpc) is 2.18. The van der Waals surface area contributed by atoms with Crippen LogP contribution in [-0.2, 0) is 4.79 Å². The van der Waals surface area contributed by atoms with E-state index in [4.69, 9.17) is 11.6 Å². The number of carbonyl (C=O) groups excluding carboxylic acids is 1. The Balaban J connectivity index is 2.65. The van der Waals surface area contributed by atoms with Crippen molar-refractivity contribution in [3.8, 4) is 0 Å². The van der Waals surface area contributed by atoms with E-state index in [1.165, 1.54) is 0 Å². The number of benzene rings is 1. The summed E-state index contributed by atoms with van der Waals surface area (Å²) in [6.45, 7) is 0.370. The van der Waals surface area contributed by atoms with Crippen molar-refractivity contribution in [3.63, 3.8) is 0 Å². The van der Waals surface area contributed by atoms with Crippen LogP contribution in [0.25, 0.3) is 0 Å². The van der Waals surface area contributed by atoms with Gasteiger partial charge in [-0.1, -0.05) is 11.6 Å². The lowest BCUT2D eigenvalue weighted by molar-refractivity contribution is -0.127. The Kier molecular flexibility index (Phi) is 3.97. The van der Waals surface area contributed by atoms with Crippen molar-refractivity contribution < 1.29 is 4.79 Å². The molecule has 0 fully saturated rings.